The quantitative estimate of drug-likeness (QED) is 0.612. The van der Waals surface area contributed by atoms with Crippen LogP contribution in [0.2, 0.25) is 0 Å². The molecule has 2 atom stereocenters. The van der Waals surface area contributed by atoms with Crippen LogP contribution >= 0.6 is 0 Å². The zero-order valence-electron chi connectivity index (χ0n) is 10.8. The first-order valence-corrected chi connectivity index (χ1v) is 6.27. The highest BCUT2D eigenvalue weighted by atomic mass is 16.6. The minimum atomic E-state index is -0.954. The third kappa shape index (κ3) is 15.8. The lowest BCUT2D eigenvalue weighted by atomic mass is 10.2. The molecule has 104 valence electrons. The maximum absolute atomic E-state index is 8.17. The molecular formula is C12H26O5. The van der Waals surface area contributed by atoms with E-state index in [0.717, 1.165) is 13.2 Å². The van der Waals surface area contributed by atoms with Crippen molar-refractivity contribution >= 4 is 0 Å². The van der Waals surface area contributed by atoms with Gasteiger partial charge >= 0.3 is 0 Å². The molecule has 5 nitrogen and oxygen atoms in total. The molecule has 0 aromatic carbocycles. The second kappa shape index (κ2) is 10.9. The Balaban J connectivity index is 0.000000234. The van der Waals surface area contributed by atoms with Gasteiger partial charge in [-0.05, 0) is 13.3 Å². The monoisotopic (exact) mass is 250 g/mol. The molecule has 2 saturated heterocycles. The first-order valence-electron chi connectivity index (χ1n) is 6.27. The first kappa shape index (κ1) is 16.8. The molecule has 2 heterocycles. The zero-order valence-corrected chi connectivity index (χ0v) is 10.8. The van der Waals surface area contributed by atoms with Crippen LogP contribution in [0.1, 0.15) is 33.1 Å². The number of rotatable bonds is 5. The Hall–Kier alpha value is -0.200. The van der Waals surface area contributed by atoms with Crippen LogP contribution in [0.4, 0.5) is 0 Å². The molecule has 0 radical (unpaired) electrons. The summed E-state index contributed by atoms with van der Waals surface area (Å²) >= 11 is 0. The van der Waals surface area contributed by atoms with Crippen molar-refractivity contribution in [1.29, 1.82) is 0 Å². The highest BCUT2D eigenvalue weighted by molar-refractivity contribution is 4.67. The summed E-state index contributed by atoms with van der Waals surface area (Å²) in [5.41, 5.74) is 0. The SMILES string of the molecule is CC1CO1.CCCCC1CO1.OCC(O)CO. The second-order valence-electron chi connectivity index (χ2n) is 4.26. The van der Waals surface area contributed by atoms with Crippen LogP contribution in [0.15, 0.2) is 0 Å². The Morgan fingerprint density at radius 1 is 1.18 bits per heavy atom. The molecule has 0 spiro atoms. The second-order valence-corrected chi connectivity index (χ2v) is 4.26. The van der Waals surface area contributed by atoms with Gasteiger partial charge in [0.05, 0.1) is 38.6 Å². The molecule has 3 N–H and O–H groups in total. The van der Waals surface area contributed by atoms with Crippen LogP contribution < -0.4 is 0 Å². The fraction of sp³-hybridized carbons (Fsp3) is 1.00. The fourth-order valence-corrected chi connectivity index (χ4v) is 0.820. The summed E-state index contributed by atoms with van der Waals surface area (Å²) in [5.74, 6) is 0. The van der Waals surface area contributed by atoms with Gasteiger partial charge in [0.1, 0.15) is 6.10 Å². The summed E-state index contributed by atoms with van der Waals surface area (Å²) in [6, 6.07) is 0. The van der Waals surface area contributed by atoms with Crippen LogP contribution in [0.25, 0.3) is 0 Å². The average molecular weight is 250 g/mol. The molecular weight excluding hydrogens is 224 g/mol. The van der Waals surface area contributed by atoms with E-state index in [0.29, 0.717) is 12.2 Å². The van der Waals surface area contributed by atoms with Crippen molar-refractivity contribution in [2.75, 3.05) is 26.4 Å². The van der Waals surface area contributed by atoms with Gasteiger partial charge in [0.15, 0.2) is 0 Å². The number of aliphatic hydroxyl groups is 3. The van der Waals surface area contributed by atoms with Gasteiger partial charge in [0.2, 0.25) is 0 Å². The molecule has 2 rings (SSSR count). The highest BCUT2D eigenvalue weighted by Crippen LogP contribution is 2.15. The topological polar surface area (TPSA) is 85.8 Å². The molecule has 0 bridgehead atoms. The normalized spacial score (nSPS) is 24.4. The maximum atomic E-state index is 8.17. The van der Waals surface area contributed by atoms with E-state index in [-0.39, 0.29) is 13.2 Å². The van der Waals surface area contributed by atoms with E-state index < -0.39 is 6.10 Å². The molecule has 2 aliphatic rings. The zero-order chi connectivity index (χ0) is 13.1. The van der Waals surface area contributed by atoms with Gasteiger partial charge in [-0.25, -0.2) is 0 Å². The Morgan fingerprint density at radius 3 is 1.82 bits per heavy atom. The van der Waals surface area contributed by atoms with Gasteiger partial charge in [-0.2, -0.15) is 0 Å². The average Bonchev–Trinajstić information content (AvgIpc) is 3.24. The van der Waals surface area contributed by atoms with Crippen molar-refractivity contribution in [3.05, 3.63) is 0 Å². The lowest BCUT2D eigenvalue weighted by Crippen LogP contribution is -2.15. The Labute approximate surface area is 103 Å². The highest BCUT2D eigenvalue weighted by Gasteiger charge is 2.20. The van der Waals surface area contributed by atoms with Crippen molar-refractivity contribution in [3.63, 3.8) is 0 Å². The van der Waals surface area contributed by atoms with Gasteiger partial charge in [0.25, 0.3) is 0 Å². The molecule has 2 fully saturated rings. The fourth-order valence-electron chi connectivity index (χ4n) is 0.820. The van der Waals surface area contributed by atoms with Gasteiger partial charge in [-0.3, -0.25) is 0 Å². The summed E-state index contributed by atoms with van der Waals surface area (Å²) in [6.45, 7) is 5.55. The van der Waals surface area contributed by atoms with Crippen molar-refractivity contribution in [1.82, 2.24) is 0 Å². The van der Waals surface area contributed by atoms with Crippen LogP contribution in [0.5, 0.6) is 0 Å². The number of hydrogen-bond donors (Lipinski definition) is 3. The third-order valence-corrected chi connectivity index (χ3v) is 2.20. The van der Waals surface area contributed by atoms with Gasteiger partial charge in [0, 0.05) is 0 Å². The minimum Gasteiger partial charge on any atom is -0.394 e. The van der Waals surface area contributed by atoms with E-state index in [2.05, 4.69) is 13.8 Å². The van der Waals surface area contributed by atoms with Gasteiger partial charge < -0.3 is 24.8 Å². The molecule has 2 aliphatic heterocycles. The van der Waals surface area contributed by atoms with Crippen molar-refractivity contribution in [2.45, 2.75) is 51.4 Å². The van der Waals surface area contributed by atoms with Crippen LogP contribution in [-0.2, 0) is 9.47 Å². The predicted octanol–water partition coefficient (Wildman–Crippen LogP) is 0.312. The molecule has 17 heavy (non-hydrogen) atoms. The van der Waals surface area contributed by atoms with E-state index >= 15 is 0 Å². The molecule has 5 heteroatoms. The lowest BCUT2D eigenvalue weighted by Gasteiger charge is -1.96. The largest absolute Gasteiger partial charge is 0.394 e. The summed E-state index contributed by atoms with van der Waals surface area (Å²) in [6.07, 6.45) is 4.21. The van der Waals surface area contributed by atoms with E-state index in [1.165, 1.54) is 19.3 Å². The molecule has 2 unspecified atom stereocenters. The lowest BCUT2D eigenvalue weighted by molar-refractivity contribution is 0.0450. The van der Waals surface area contributed by atoms with E-state index in [1.54, 1.807) is 0 Å². The maximum Gasteiger partial charge on any atom is 0.100 e. The van der Waals surface area contributed by atoms with E-state index in [4.69, 9.17) is 24.8 Å². The van der Waals surface area contributed by atoms with Gasteiger partial charge in [-0.1, -0.05) is 19.8 Å². The van der Waals surface area contributed by atoms with Gasteiger partial charge in [-0.15, -0.1) is 0 Å². The van der Waals surface area contributed by atoms with Crippen LogP contribution in [-0.4, -0.2) is 60.1 Å². The molecule has 0 aromatic rings. The number of ether oxygens (including phenoxy) is 2. The Morgan fingerprint density at radius 2 is 1.65 bits per heavy atom. The standard InChI is InChI=1S/C6H12O.C3H8O3.C3H6O/c1-2-3-4-6-5-7-6;4-1-3(6)2-5;1-3-2-4-3/h6H,2-5H2,1H3;3-6H,1-2H2;3H,2H2,1H3. The van der Waals surface area contributed by atoms with E-state index in [1.807, 2.05) is 0 Å². The predicted molar refractivity (Wildman–Crippen MR) is 64.9 cm³/mol. The molecule has 0 aliphatic carbocycles. The van der Waals surface area contributed by atoms with Crippen molar-refractivity contribution in [3.8, 4) is 0 Å². The minimum absolute atomic E-state index is 0.365. The smallest absolute Gasteiger partial charge is 0.100 e. The number of unbranched alkanes of at least 4 members (excludes halogenated alkanes) is 1. The van der Waals surface area contributed by atoms with Crippen LogP contribution in [0, 0.1) is 0 Å². The molecule has 0 amide bonds. The summed E-state index contributed by atoms with van der Waals surface area (Å²) < 4.78 is 9.72. The number of epoxide rings is 2. The number of hydrogen-bond acceptors (Lipinski definition) is 5. The van der Waals surface area contributed by atoms with Crippen molar-refractivity contribution < 1.29 is 24.8 Å². The molecule has 0 saturated carbocycles. The first-order chi connectivity index (χ1) is 8.13. The number of aliphatic hydroxyl groups excluding tert-OH is 3. The summed E-state index contributed by atoms with van der Waals surface area (Å²) in [4.78, 5) is 0. The van der Waals surface area contributed by atoms with E-state index in [9.17, 15) is 0 Å². The van der Waals surface area contributed by atoms with Crippen molar-refractivity contribution in [2.24, 2.45) is 0 Å². The Kier molecular flexibility index (Phi) is 10.8. The summed E-state index contributed by atoms with van der Waals surface area (Å²) in [7, 11) is 0. The Bertz CT molecular complexity index is 153. The van der Waals surface area contributed by atoms with Crippen LogP contribution in [0.3, 0.4) is 0 Å². The third-order valence-electron chi connectivity index (χ3n) is 2.20. The summed E-state index contributed by atoms with van der Waals surface area (Å²) in [5, 5.41) is 24.0. The molecule has 0 aromatic heterocycles.